The molecule has 0 atom stereocenters. The second-order valence-corrected chi connectivity index (χ2v) is 3.16. The Bertz CT molecular complexity index is 271. The van der Waals surface area contributed by atoms with Crippen LogP contribution in [-0.4, -0.2) is 9.97 Å². The summed E-state index contributed by atoms with van der Waals surface area (Å²) in [6, 6.07) is 1.87. The number of nitrogen functional groups attached to an aromatic ring is 1. The third-order valence-corrected chi connectivity index (χ3v) is 1.95. The zero-order chi connectivity index (χ0) is 9.68. The number of hydrogen-bond donors (Lipinski definition) is 1. The van der Waals surface area contributed by atoms with Crippen LogP contribution in [0.15, 0.2) is 6.07 Å². The summed E-state index contributed by atoms with van der Waals surface area (Å²) in [5, 5.41) is 0. The fraction of sp³-hybridized carbons (Fsp3) is 0.600. The molecule has 0 bridgehead atoms. The highest BCUT2D eigenvalue weighted by atomic mass is 14.9. The van der Waals surface area contributed by atoms with Crippen LogP contribution in [0.3, 0.4) is 0 Å². The molecule has 0 fully saturated rings. The van der Waals surface area contributed by atoms with E-state index in [9.17, 15) is 0 Å². The maximum Gasteiger partial charge on any atom is 0.130 e. The fourth-order valence-corrected chi connectivity index (χ4v) is 1.22. The summed E-state index contributed by atoms with van der Waals surface area (Å²) in [6.45, 7) is 4.21. The second kappa shape index (κ2) is 4.80. The molecule has 0 saturated heterocycles. The van der Waals surface area contributed by atoms with Crippen LogP contribution in [0.1, 0.15) is 38.2 Å². The Labute approximate surface area is 79.4 Å². The third-order valence-electron chi connectivity index (χ3n) is 1.95. The molecule has 1 rings (SSSR count). The Balaban J connectivity index is 2.76. The molecule has 0 radical (unpaired) electrons. The van der Waals surface area contributed by atoms with Crippen LogP contribution in [0, 0.1) is 0 Å². The van der Waals surface area contributed by atoms with E-state index >= 15 is 0 Å². The molecule has 0 aliphatic carbocycles. The highest BCUT2D eigenvalue weighted by Gasteiger charge is 2.00. The molecule has 1 aromatic heterocycles. The fourth-order valence-electron chi connectivity index (χ4n) is 1.22. The monoisotopic (exact) mass is 179 g/mol. The number of unbranched alkanes of at least 4 members (excludes halogenated alkanes) is 1. The predicted molar refractivity (Wildman–Crippen MR) is 54.4 cm³/mol. The van der Waals surface area contributed by atoms with Gasteiger partial charge in [0.2, 0.25) is 0 Å². The lowest BCUT2D eigenvalue weighted by Crippen LogP contribution is -2.02. The van der Waals surface area contributed by atoms with Crippen molar-refractivity contribution < 1.29 is 0 Å². The lowest BCUT2D eigenvalue weighted by molar-refractivity contribution is 0.763. The van der Waals surface area contributed by atoms with Crippen molar-refractivity contribution in [1.29, 1.82) is 0 Å². The smallest absolute Gasteiger partial charge is 0.130 e. The third kappa shape index (κ3) is 3.01. The van der Waals surface area contributed by atoms with E-state index < -0.39 is 0 Å². The van der Waals surface area contributed by atoms with E-state index in [2.05, 4.69) is 16.9 Å². The van der Waals surface area contributed by atoms with E-state index in [-0.39, 0.29) is 0 Å². The number of aryl methyl sites for hydroxylation is 2. The van der Waals surface area contributed by atoms with Gasteiger partial charge in [0, 0.05) is 18.2 Å². The molecule has 1 heterocycles. The van der Waals surface area contributed by atoms with Gasteiger partial charge in [0.15, 0.2) is 0 Å². The van der Waals surface area contributed by atoms with Gasteiger partial charge in [-0.2, -0.15) is 0 Å². The maximum absolute atomic E-state index is 5.66. The normalized spacial score (nSPS) is 10.3. The van der Waals surface area contributed by atoms with Gasteiger partial charge in [-0.3, -0.25) is 0 Å². The van der Waals surface area contributed by atoms with Crippen molar-refractivity contribution >= 4 is 5.82 Å². The standard InChI is InChI=1S/C10H17N3/c1-3-5-6-8-7-9(11)13-10(4-2)12-8/h7H,3-6H2,1-2H3,(H2,11,12,13). The zero-order valence-electron chi connectivity index (χ0n) is 8.38. The summed E-state index contributed by atoms with van der Waals surface area (Å²) in [7, 11) is 0. The van der Waals surface area contributed by atoms with Gasteiger partial charge in [-0.1, -0.05) is 20.3 Å². The van der Waals surface area contributed by atoms with Crippen LogP contribution in [0.5, 0.6) is 0 Å². The van der Waals surface area contributed by atoms with E-state index in [0.29, 0.717) is 5.82 Å². The summed E-state index contributed by atoms with van der Waals surface area (Å²) in [5.41, 5.74) is 6.73. The number of anilines is 1. The van der Waals surface area contributed by atoms with E-state index in [4.69, 9.17) is 5.73 Å². The first-order valence-corrected chi connectivity index (χ1v) is 4.88. The molecule has 13 heavy (non-hydrogen) atoms. The Hall–Kier alpha value is -1.12. The van der Waals surface area contributed by atoms with Gasteiger partial charge in [-0.15, -0.1) is 0 Å². The first-order valence-electron chi connectivity index (χ1n) is 4.88. The number of hydrogen-bond acceptors (Lipinski definition) is 3. The van der Waals surface area contributed by atoms with Crippen LogP contribution in [-0.2, 0) is 12.8 Å². The molecule has 0 aromatic carbocycles. The summed E-state index contributed by atoms with van der Waals surface area (Å²) < 4.78 is 0. The molecule has 0 saturated carbocycles. The minimum absolute atomic E-state index is 0.595. The topological polar surface area (TPSA) is 51.8 Å². The Morgan fingerprint density at radius 3 is 2.69 bits per heavy atom. The number of nitrogens with zero attached hydrogens (tertiary/aromatic N) is 2. The van der Waals surface area contributed by atoms with Crippen molar-refractivity contribution in [3.05, 3.63) is 17.6 Å². The lowest BCUT2D eigenvalue weighted by Gasteiger charge is -2.03. The SMILES string of the molecule is CCCCc1cc(N)nc(CC)n1. The molecular weight excluding hydrogens is 162 g/mol. The zero-order valence-corrected chi connectivity index (χ0v) is 8.38. The van der Waals surface area contributed by atoms with Crippen molar-refractivity contribution in [2.24, 2.45) is 0 Å². The summed E-state index contributed by atoms with van der Waals surface area (Å²) in [4.78, 5) is 8.53. The molecule has 0 amide bonds. The highest BCUT2D eigenvalue weighted by molar-refractivity contribution is 5.29. The van der Waals surface area contributed by atoms with Crippen LogP contribution in [0.2, 0.25) is 0 Å². The van der Waals surface area contributed by atoms with Crippen LogP contribution >= 0.6 is 0 Å². The molecule has 0 aliphatic heterocycles. The Morgan fingerprint density at radius 2 is 2.08 bits per heavy atom. The van der Waals surface area contributed by atoms with Crippen molar-refractivity contribution in [2.75, 3.05) is 5.73 Å². The average Bonchev–Trinajstić information content (AvgIpc) is 2.14. The average molecular weight is 179 g/mol. The molecule has 0 unspecified atom stereocenters. The first kappa shape index (κ1) is 9.96. The van der Waals surface area contributed by atoms with Gasteiger partial charge in [-0.25, -0.2) is 9.97 Å². The Kier molecular flexibility index (Phi) is 3.68. The van der Waals surface area contributed by atoms with E-state index in [0.717, 1.165) is 24.4 Å². The summed E-state index contributed by atoms with van der Waals surface area (Å²) >= 11 is 0. The Morgan fingerprint density at radius 1 is 1.31 bits per heavy atom. The summed E-state index contributed by atoms with van der Waals surface area (Å²) in [5.74, 6) is 1.45. The van der Waals surface area contributed by atoms with Gasteiger partial charge < -0.3 is 5.73 Å². The molecule has 2 N–H and O–H groups in total. The molecule has 3 nitrogen and oxygen atoms in total. The predicted octanol–water partition coefficient (Wildman–Crippen LogP) is 1.96. The van der Waals surface area contributed by atoms with Gasteiger partial charge in [0.05, 0.1) is 0 Å². The molecule has 0 aliphatic rings. The van der Waals surface area contributed by atoms with E-state index in [1.54, 1.807) is 0 Å². The number of rotatable bonds is 4. The number of nitrogens with two attached hydrogens (primary N) is 1. The molecular formula is C10H17N3. The van der Waals surface area contributed by atoms with Crippen molar-refractivity contribution in [1.82, 2.24) is 9.97 Å². The largest absolute Gasteiger partial charge is 0.384 e. The van der Waals surface area contributed by atoms with Gasteiger partial charge in [0.25, 0.3) is 0 Å². The first-order chi connectivity index (χ1) is 6.26. The molecule has 3 heteroatoms. The molecule has 72 valence electrons. The van der Waals surface area contributed by atoms with Crippen molar-refractivity contribution in [3.63, 3.8) is 0 Å². The molecule has 0 spiro atoms. The quantitative estimate of drug-likeness (QED) is 0.768. The van der Waals surface area contributed by atoms with Crippen LogP contribution in [0.4, 0.5) is 5.82 Å². The van der Waals surface area contributed by atoms with E-state index in [1.807, 2.05) is 13.0 Å². The van der Waals surface area contributed by atoms with Crippen LogP contribution in [0.25, 0.3) is 0 Å². The summed E-state index contributed by atoms with van der Waals surface area (Å²) in [6.07, 6.45) is 4.21. The van der Waals surface area contributed by atoms with Crippen LogP contribution < -0.4 is 5.73 Å². The maximum atomic E-state index is 5.66. The van der Waals surface area contributed by atoms with Gasteiger partial charge >= 0.3 is 0 Å². The van der Waals surface area contributed by atoms with E-state index in [1.165, 1.54) is 12.8 Å². The van der Waals surface area contributed by atoms with Crippen molar-refractivity contribution in [2.45, 2.75) is 39.5 Å². The molecule has 1 aromatic rings. The highest BCUT2D eigenvalue weighted by Crippen LogP contribution is 2.06. The lowest BCUT2D eigenvalue weighted by atomic mass is 10.2. The minimum atomic E-state index is 0.595. The van der Waals surface area contributed by atoms with Gasteiger partial charge in [-0.05, 0) is 12.8 Å². The van der Waals surface area contributed by atoms with Crippen molar-refractivity contribution in [3.8, 4) is 0 Å². The second-order valence-electron chi connectivity index (χ2n) is 3.16. The minimum Gasteiger partial charge on any atom is -0.384 e. The van der Waals surface area contributed by atoms with Gasteiger partial charge in [0.1, 0.15) is 11.6 Å². The number of aromatic nitrogens is 2.